The molecule has 0 fully saturated rings. The molecular weight excluding hydrogens is 614 g/mol. The maximum Gasteiger partial charge on any atom is 0.270 e. The molecule has 1 amide bonds. The Morgan fingerprint density at radius 1 is 0.625 bits per heavy atom. The van der Waals surface area contributed by atoms with Crippen LogP contribution < -0.4 is 5.32 Å². The van der Waals surface area contributed by atoms with Gasteiger partial charge in [-0.3, -0.25) is 33.9 Å². The van der Waals surface area contributed by atoms with Gasteiger partial charge in [-0.15, -0.1) is 0 Å². The number of pyridine rings is 2. The van der Waals surface area contributed by atoms with Crippen LogP contribution in [0.4, 0.5) is 0 Å². The maximum absolute atomic E-state index is 13.6. The van der Waals surface area contributed by atoms with Crippen LogP contribution in [0.3, 0.4) is 0 Å². The highest BCUT2D eigenvalue weighted by atomic mass is 16.5. The fraction of sp³-hybridized carbons (Fsp3) is 0.595. The molecule has 0 aromatic carbocycles. The first-order valence-corrected chi connectivity index (χ1v) is 16.8. The Labute approximate surface area is 284 Å². The summed E-state index contributed by atoms with van der Waals surface area (Å²) in [7, 11) is 0. The van der Waals surface area contributed by atoms with Gasteiger partial charge >= 0.3 is 0 Å². The van der Waals surface area contributed by atoms with E-state index in [0.29, 0.717) is 16.8 Å². The maximum atomic E-state index is 13.6. The Morgan fingerprint density at radius 2 is 1.10 bits per heavy atom. The van der Waals surface area contributed by atoms with E-state index in [-0.39, 0.29) is 111 Å². The summed E-state index contributed by atoms with van der Waals surface area (Å²) in [4.78, 5) is 71.3. The summed E-state index contributed by atoms with van der Waals surface area (Å²) in [6, 6.07) is 6.74. The molecule has 48 heavy (non-hydrogen) atoms. The summed E-state index contributed by atoms with van der Waals surface area (Å²) < 4.78 is 17.8. The van der Waals surface area contributed by atoms with Gasteiger partial charge < -0.3 is 19.5 Å². The Kier molecular flexibility index (Phi) is 16.9. The summed E-state index contributed by atoms with van der Waals surface area (Å²) in [5.74, 6) is -0.895. The lowest BCUT2D eigenvalue weighted by Crippen LogP contribution is -2.59. The topological polar surface area (TPSA) is 151 Å². The Morgan fingerprint density at radius 3 is 1.46 bits per heavy atom. The van der Waals surface area contributed by atoms with E-state index in [1.54, 1.807) is 24.3 Å². The molecule has 0 aliphatic carbocycles. The minimum atomic E-state index is -1.22. The van der Waals surface area contributed by atoms with Crippen molar-refractivity contribution in [1.29, 1.82) is 0 Å². The average molecular weight is 668 g/mol. The monoisotopic (exact) mass is 667 g/mol. The SMILES string of the molecule is CC(C)C(=O)CCOCC(COCCC(=O)C(C)C)(COCCC(=O)C(C)C)NC(=O)c1ccc(-c2ccc(C(=O)C(C)C)cn2)cn1. The van der Waals surface area contributed by atoms with Gasteiger partial charge in [0.15, 0.2) is 5.78 Å². The van der Waals surface area contributed by atoms with Crippen molar-refractivity contribution >= 4 is 29.0 Å². The molecule has 1 N–H and O–H groups in total. The summed E-state index contributed by atoms with van der Waals surface area (Å²) in [6.07, 6.45) is 3.68. The molecule has 0 aliphatic rings. The summed E-state index contributed by atoms with van der Waals surface area (Å²) in [6.45, 7) is 14.8. The molecule has 2 aromatic rings. The first-order valence-electron chi connectivity index (χ1n) is 16.8. The second-order valence-corrected chi connectivity index (χ2v) is 13.4. The number of ketones is 4. The van der Waals surface area contributed by atoms with Crippen LogP contribution >= 0.6 is 0 Å². The molecule has 2 aromatic heterocycles. The van der Waals surface area contributed by atoms with Crippen molar-refractivity contribution in [2.24, 2.45) is 23.7 Å². The largest absolute Gasteiger partial charge is 0.378 e. The number of Topliss-reactive ketones (excluding diaryl/α,β-unsaturated/α-hetero) is 4. The second kappa shape index (κ2) is 20.0. The van der Waals surface area contributed by atoms with Crippen LogP contribution in [0.1, 0.15) is 95.5 Å². The normalized spacial score (nSPS) is 11.8. The Bertz CT molecular complexity index is 1280. The van der Waals surface area contributed by atoms with E-state index in [4.69, 9.17) is 14.2 Å². The van der Waals surface area contributed by atoms with E-state index in [1.807, 2.05) is 55.4 Å². The van der Waals surface area contributed by atoms with E-state index in [0.717, 1.165) is 0 Å². The third-order valence-electron chi connectivity index (χ3n) is 7.79. The summed E-state index contributed by atoms with van der Waals surface area (Å²) >= 11 is 0. The van der Waals surface area contributed by atoms with Crippen LogP contribution in [-0.2, 0) is 28.6 Å². The molecule has 0 unspecified atom stereocenters. The number of carbonyl (C=O) groups is 5. The van der Waals surface area contributed by atoms with E-state index < -0.39 is 11.4 Å². The third-order valence-corrected chi connectivity index (χ3v) is 7.79. The minimum Gasteiger partial charge on any atom is -0.378 e. The lowest BCUT2D eigenvalue weighted by Gasteiger charge is -2.34. The van der Waals surface area contributed by atoms with Crippen molar-refractivity contribution < 1.29 is 38.2 Å². The van der Waals surface area contributed by atoms with Gasteiger partial charge in [0, 0.05) is 66.5 Å². The van der Waals surface area contributed by atoms with Gasteiger partial charge in [-0.05, 0) is 24.3 Å². The molecule has 11 heteroatoms. The quantitative estimate of drug-likeness (QED) is 0.121. The fourth-order valence-electron chi connectivity index (χ4n) is 4.45. The van der Waals surface area contributed by atoms with Crippen molar-refractivity contribution in [1.82, 2.24) is 15.3 Å². The third kappa shape index (κ3) is 13.4. The van der Waals surface area contributed by atoms with Crippen LogP contribution in [0.15, 0.2) is 36.7 Å². The van der Waals surface area contributed by atoms with Crippen LogP contribution in [0.25, 0.3) is 11.3 Å². The first kappa shape index (κ1) is 40.5. The number of amides is 1. The molecule has 0 bridgehead atoms. The van der Waals surface area contributed by atoms with Gasteiger partial charge in [0.05, 0.1) is 45.3 Å². The van der Waals surface area contributed by atoms with Crippen LogP contribution in [0.5, 0.6) is 0 Å². The average Bonchev–Trinajstić information content (AvgIpc) is 3.06. The molecule has 2 heterocycles. The molecule has 0 spiro atoms. The van der Waals surface area contributed by atoms with Crippen LogP contribution in [0, 0.1) is 23.7 Å². The van der Waals surface area contributed by atoms with E-state index in [2.05, 4.69) is 15.3 Å². The van der Waals surface area contributed by atoms with Crippen LogP contribution in [-0.4, -0.2) is 84.2 Å². The van der Waals surface area contributed by atoms with Crippen molar-refractivity contribution in [3.8, 4) is 11.3 Å². The lowest BCUT2D eigenvalue weighted by molar-refractivity contribution is -0.123. The second-order valence-electron chi connectivity index (χ2n) is 13.4. The molecule has 0 radical (unpaired) electrons. The smallest absolute Gasteiger partial charge is 0.270 e. The van der Waals surface area contributed by atoms with E-state index in [1.165, 1.54) is 12.4 Å². The lowest BCUT2D eigenvalue weighted by atomic mass is 10.0. The zero-order valence-corrected chi connectivity index (χ0v) is 29.8. The predicted octanol–water partition coefficient (Wildman–Crippen LogP) is 5.35. The van der Waals surface area contributed by atoms with Crippen molar-refractivity contribution in [2.75, 3.05) is 39.6 Å². The van der Waals surface area contributed by atoms with Crippen molar-refractivity contribution in [2.45, 2.75) is 80.2 Å². The predicted molar refractivity (Wildman–Crippen MR) is 183 cm³/mol. The zero-order chi connectivity index (χ0) is 35.9. The molecular formula is C37H53N3O8. The van der Waals surface area contributed by atoms with Gasteiger partial charge in [-0.1, -0.05) is 55.4 Å². The van der Waals surface area contributed by atoms with Gasteiger partial charge in [-0.25, -0.2) is 0 Å². The molecule has 0 saturated carbocycles. The van der Waals surface area contributed by atoms with E-state index in [9.17, 15) is 24.0 Å². The number of hydrogen-bond donors (Lipinski definition) is 1. The number of aromatic nitrogens is 2. The Hall–Kier alpha value is -3.67. The first-order chi connectivity index (χ1) is 22.7. The van der Waals surface area contributed by atoms with Crippen molar-refractivity contribution in [3.05, 3.63) is 47.9 Å². The Balaban J connectivity index is 2.28. The molecule has 0 saturated heterocycles. The number of carbonyl (C=O) groups excluding carboxylic acids is 5. The number of nitrogens with zero attached hydrogens (tertiary/aromatic N) is 2. The molecule has 2 rings (SSSR count). The highest BCUT2D eigenvalue weighted by Gasteiger charge is 2.35. The number of ether oxygens (including phenoxy) is 3. The summed E-state index contributed by atoms with van der Waals surface area (Å²) in [5.41, 5.74) is 0.685. The van der Waals surface area contributed by atoms with Gasteiger partial charge in [0.2, 0.25) is 0 Å². The zero-order valence-electron chi connectivity index (χ0n) is 29.8. The molecule has 11 nitrogen and oxygen atoms in total. The van der Waals surface area contributed by atoms with Crippen LogP contribution in [0.2, 0.25) is 0 Å². The molecule has 0 aliphatic heterocycles. The van der Waals surface area contributed by atoms with E-state index >= 15 is 0 Å². The highest BCUT2D eigenvalue weighted by Crippen LogP contribution is 2.19. The minimum absolute atomic E-state index is 0.00387. The number of rotatable bonds is 23. The molecule has 264 valence electrons. The number of nitrogens with one attached hydrogen (secondary N) is 1. The molecule has 0 atom stereocenters. The number of hydrogen-bond acceptors (Lipinski definition) is 10. The highest BCUT2D eigenvalue weighted by molar-refractivity contribution is 5.97. The van der Waals surface area contributed by atoms with Gasteiger partial charge in [-0.2, -0.15) is 0 Å². The van der Waals surface area contributed by atoms with Gasteiger partial charge in [0.25, 0.3) is 5.91 Å². The van der Waals surface area contributed by atoms with Crippen molar-refractivity contribution in [3.63, 3.8) is 0 Å². The fourth-order valence-corrected chi connectivity index (χ4v) is 4.45. The standard InChI is InChI=1S/C37H53N3O8/c1-24(2)32(41)13-16-46-21-37(22-47-17-14-33(42)25(3)4,23-48-18-15-34(43)26(5)6)40-36(45)31-12-9-28(19-39-31)30-11-10-29(20-38-30)35(44)27(7)8/h9-12,19-20,24-27H,13-18,21-23H2,1-8H3,(H,40,45). The summed E-state index contributed by atoms with van der Waals surface area (Å²) in [5, 5.41) is 2.98. The van der Waals surface area contributed by atoms with Gasteiger partial charge in [0.1, 0.15) is 28.6 Å².